The fourth-order valence-electron chi connectivity index (χ4n) is 2.55. The second-order valence-corrected chi connectivity index (χ2v) is 6.58. The quantitative estimate of drug-likeness (QED) is 0.855. The summed E-state index contributed by atoms with van der Waals surface area (Å²) in [6.07, 6.45) is 0.279. The molecule has 5 heteroatoms. The zero-order valence-corrected chi connectivity index (χ0v) is 14.5. The van der Waals surface area contributed by atoms with Crippen LogP contribution in [0.5, 0.6) is 0 Å². The molecule has 0 spiro atoms. The van der Waals surface area contributed by atoms with E-state index in [0.717, 1.165) is 5.56 Å². The number of nitrogens with one attached hydrogen (secondary N) is 2. The first-order valence-corrected chi connectivity index (χ1v) is 8.50. The Morgan fingerprint density at radius 2 is 1.78 bits per heavy atom. The van der Waals surface area contributed by atoms with Crippen LogP contribution in [0, 0.1) is 20.8 Å². The summed E-state index contributed by atoms with van der Waals surface area (Å²) < 4.78 is 0. The van der Waals surface area contributed by atoms with Crippen molar-refractivity contribution in [2.24, 2.45) is 0 Å². The van der Waals surface area contributed by atoms with Crippen LogP contribution in [0.15, 0.2) is 29.6 Å². The number of aryl methyl sites for hydroxylation is 3. The Labute approximate surface area is 140 Å². The number of rotatable bonds is 6. The molecule has 0 saturated carbocycles. The van der Waals surface area contributed by atoms with Crippen LogP contribution in [0.1, 0.15) is 38.3 Å². The molecule has 0 aliphatic carbocycles. The Morgan fingerprint density at radius 1 is 1.09 bits per heavy atom. The number of carbonyl (C=O) groups excluding carboxylic acids is 2. The van der Waals surface area contributed by atoms with E-state index in [9.17, 15) is 9.59 Å². The molecule has 2 amide bonds. The van der Waals surface area contributed by atoms with Crippen molar-refractivity contribution < 1.29 is 9.59 Å². The molecule has 4 nitrogen and oxygen atoms in total. The molecule has 0 bridgehead atoms. The number of hydrogen-bond acceptors (Lipinski definition) is 3. The largest absolute Gasteiger partial charge is 0.352 e. The van der Waals surface area contributed by atoms with Crippen molar-refractivity contribution in [2.45, 2.75) is 33.7 Å². The lowest BCUT2D eigenvalue weighted by Crippen LogP contribution is -2.30. The molecule has 122 valence electrons. The van der Waals surface area contributed by atoms with Crippen molar-refractivity contribution >= 4 is 23.2 Å². The Kier molecular flexibility index (Phi) is 5.93. The summed E-state index contributed by atoms with van der Waals surface area (Å²) >= 11 is 1.39. The predicted molar refractivity (Wildman–Crippen MR) is 93.8 cm³/mol. The Hall–Kier alpha value is -2.14. The highest BCUT2D eigenvalue weighted by atomic mass is 32.1. The standard InChI is InChI=1S/C18H22N2O2S/c1-12-9-13(2)15(14(3)10-12)11-20-17(21)6-7-19-18(22)16-5-4-8-23-16/h4-5,8-10H,6-7,11H2,1-3H3,(H,19,22)(H,20,21). The van der Waals surface area contributed by atoms with Crippen molar-refractivity contribution in [3.8, 4) is 0 Å². The molecule has 1 aromatic carbocycles. The highest BCUT2D eigenvalue weighted by Crippen LogP contribution is 2.16. The van der Waals surface area contributed by atoms with Gasteiger partial charge in [-0.2, -0.15) is 0 Å². The van der Waals surface area contributed by atoms with Crippen LogP contribution in [0.2, 0.25) is 0 Å². The number of carbonyl (C=O) groups is 2. The van der Waals surface area contributed by atoms with Gasteiger partial charge in [-0.1, -0.05) is 23.8 Å². The molecule has 0 aliphatic rings. The van der Waals surface area contributed by atoms with E-state index in [2.05, 4.69) is 43.5 Å². The SMILES string of the molecule is Cc1cc(C)c(CNC(=O)CCNC(=O)c2cccs2)c(C)c1. The summed E-state index contributed by atoms with van der Waals surface area (Å²) in [5, 5.41) is 7.53. The van der Waals surface area contributed by atoms with E-state index >= 15 is 0 Å². The Balaban J connectivity index is 1.76. The highest BCUT2D eigenvalue weighted by Gasteiger charge is 2.09. The fourth-order valence-corrected chi connectivity index (χ4v) is 3.19. The molecule has 0 atom stereocenters. The van der Waals surface area contributed by atoms with Crippen LogP contribution in [0.25, 0.3) is 0 Å². The van der Waals surface area contributed by atoms with E-state index in [1.54, 1.807) is 6.07 Å². The molecular formula is C18H22N2O2S. The van der Waals surface area contributed by atoms with Gasteiger partial charge in [0.2, 0.25) is 5.91 Å². The summed E-state index contributed by atoms with van der Waals surface area (Å²) in [5.74, 6) is -0.186. The third kappa shape index (κ3) is 4.93. The number of hydrogen-bond donors (Lipinski definition) is 2. The molecule has 2 aromatic rings. The molecule has 0 radical (unpaired) electrons. The lowest BCUT2D eigenvalue weighted by Gasteiger charge is -2.12. The van der Waals surface area contributed by atoms with Crippen LogP contribution >= 0.6 is 11.3 Å². The minimum absolute atomic E-state index is 0.0594. The van der Waals surface area contributed by atoms with Crippen LogP contribution in [0.3, 0.4) is 0 Å². The van der Waals surface area contributed by atoms with E-state index in [-0.39, 0.29) is 18.2 Å². The molecule has 23 heavy (non-hydrogen) atoms. The van der Waals surface area contributed by atoms with Gasteiger partial charge in [0.05, 0.1) is 4.88 Å². The van der Waals surface area contributed by atoms with Gasteiger partial charge in [-0.25, -0.2) is 0 Å². The average molecular weight is 330 g/mol. The first-order chi connectivity index (χ1) is 11.0. The van der Waals surface area contributed by atoms with Crippen molar-refractivity contribution in [1.29, 1.82) is 0 Å². The van der Waals surface area contributed by atoms with Crippen molar-refractivity contribution in [3.63, 3.8) is 0 Å². The molecule has 0 fully saturated rings. The average Bonchev–Trinajstić information content (AvgIpc) is 3.00. The second kappa shape index (κ2) is 7.92. The smallest absolute Gasteiger partial charge is 0.261 e. The number of thiophene rings is 1. The summed E-state index contributed by atoms with van der Waals surface area (Å²) in [7, 11) is 0. The Bertz CT molecular complexity index is 670. The minimum Gasteiger partial charge on any atom is -0.352 e. The molecular weight excluding hydrogens is 308 g/mol. The lowest BCUT2D eigenvalue weighted by molar-refractivity contribution is -0.121. The summed E-state index contributed by atoms with van der Waals surface area (Å²) in [6, 6.07) is 7.84. The van der Waals surface area contributed by atoms with Crippen molar-refractivity contribution in [2.75, 3.05) is 6.54 Å². The van der Waals surface area contributed by atoms with Crippen LogP contribution < -0.4 is 10.6 Å². The van der Waals surface area contributed by atoms with Gasteiger partial charge >= 0.3 is 0 Å². The molecule has 2 rings (SSSR count). The zero-order valence-electron chi connectivity index (χ0n) is 13.7. The van der Waals surface area contributed by atoms with Gasteiger partial charge < -0.3 is 10.6 Å². The van der Waals surface area contributed by atoms with Gasteiger partial charge in [0, 0.05) is 19.5 Å². The molecule has 0 unspecified atom stereocenters. The molecule has 1 aromatic heterocycles. The molecule has 1 heterocycles. The van der Waals surface area contributed by atoms with Gasteiger partial charge in [-0.15, -0.1) is 11.3 Å². The topological polar surface area (TPSA) is 58.2 Å². The maximum Gasteiger partial charge on any atom is 0.261 e. The summed E-state index contributed by atoms with van der Waals surface area (Å²) in [6.45, 7) is 7.05. The normalized spacial score (nSPS) is 10.4. The van der Waals surface area contributed by atoms with Gasteiger partial charge in [-0.3, -0.25) is 9.59 Å². The van der Waals surface area contributed by atoms with Gasteiger partial charge in [0.15, 0.2) is 0 Å². The number of amides is 2. The lowest BCUT2D eigenvalue weighted by atomic mass is 10.00. The first kappa shape index (κ1) is 17.2. The summed E-state index contributed by atoms with van der Waals surface area (Å²) in [4.78, 5) is 24.3. The van der Waals surface area contributed by atoms with Crippen LogP contribution in [0.4, 0.5) is 0 Å². The third-order valence-electron chi connectivity index (χ3n) is 3.69. The van der Waals surface area contributed by atoms with E-state index in [4.69, 9.17) is 0 Å². The first-order valence-electron chi connectivity index (χ1n) is 7.62. The van der Waals surface area contributed by atoms with Crippen LogP contribution in [-0.2, 0) is 11.3 Å². The van der Waals surface area contributed by atoms with Crippen LogP contribution in [-0.4, -0.2) is 18.4 Å². The van der Waals surface area contributed by atoms with E-state index in [1.165, 1.54) is 28.0 Å². The monoisotopic (exact) mass is 330 g/mol. The van der Waals surface area contributed by atoms with E-state index in [1.807, 2.05) is 11.4 Å². The van der Waals surface area contributed by atoms with Gasteiger partial charge in [0.25, 0.3) is 5.91 Å². The van der Waals surface area contributed by atoms with E-state index in [0.29, 0.717) is 18.0 Å². The fraction of sp³-hybridized carbons (Fsp3) is 0.333. The molecule has 2 N–H and O–H groups in total. The summed E-state index contributed by atoms with van der Waals surface area (Å²) in [5.41, 5.74) is 4.76. The van der Waals surface area contributed by atoms with Gasteiger partial charge in [0.1, 0.15) is 0 Å². The number of benzene rings is 1. The maximum atomic E-state index is 11.9. The second-order valence-electron chi connectivity index (χ2n) is 5.64. The predicted octanol–water partition coefficient (Wildman–Crippen LogP) is 3.11. The molecule has 0 aliphatic heterocycles. The maximum absolute atomic E-state index is 11.9. The van der Waals surface area contributed by atoms with E-state index < -0.39 is 0 Å². The minimum atomic E-state index is -0.127. The Morgan fingerprint density at radius 3 is 2.39 bits per heavy atom. The zero-order chi connectivity index (χ0) is 16.8. The third-order valence-corrected chi connectivity index (χ3v) is 4.55. The highest BCUT2D eigenvalue weighted by molar-refractivity contribution is 7.12. The molecule has 0 saturated heterocycles. The van der Waals surface area contributed by atoms with Crippen molar-refractivity contribution in [3.05, 3.63) is 56.8 Å². The van der Waals surface area contributed by atoms with Crippen molar-refractivity contribution in [1.82, 2.24) is 10.6 Å². The van der Waals surface area contributed by atoms with Gasteiger partial charge in [-0.05, 0) is 48.9 Å².